The van der Waals surface area contributed by atoms with Crippen molar-refractivity contribution in [3.63, 3.8) is 0 Å². The van der Waals surface area contributed by atoms with Crippen LogP contribution in [0.3, 0.4) is 0 Å². The maximum atomic E-state index is 5.43. The molecule has 0 saturated carbocycles. The van der Waals surface area contributed by atoms with Crippen molar-refractivity contribution in [1.82, 2.24) is 0 Å². The Hall–Kier alpha value is 1.16. The fraction of sp³-hybridized carbons (Fsp3) is 1.00. The van der Waals surface area contributed by atoms with Gasteiger partial charge in [-0.1, -0.05) is 0 Å². The summed E-state index contributed by atoms with van der Waals surface area (Å²) in [6.07, 6.45) is 0. The zero-order valence-electron chi connectivity index (χ0n) is 3.66. The third kappa shape index (κ3) is 5.16. The van der Waals surface area contributed by atoms with Crippen molar-refractivity contribution in [2.45, 2.75) is 9.36 Å². The topological polar surface area (TPSA) is 0 Å². The summed E-state index contributed by atoms with van der Waals surface area (Å²) in [5, 5.41) is 0. The van der Waals surface area contributed by atoms with Gasteiger partial charge in [-0.3, -0.25) is 0 Å². The van der Waals surface area contributed by atoms with Crippen LogP contribution in [0.4, 0.5) is 0 Å². The molecule has 0 nitrogen and oxygen atoms in total. The van der Waals surface area contributed by atoms with Crippen LogP contribution < -0.4 is 0 Å². The standard InChI is InChI=1S/CH2Cl.2CH3.In/c1-2;;;/h1H2;2*1H3;. The van der Waals surface area contributed by atoms with Crippen LogP contribution in [0.1, 0.15) is 0 Å². The Labute approximate surface area is 46.0 Å². The number of hydrogen-bond donors (Lipinski definition) is 0. The van der Waals surface area contributed by atoms with Crippen LogP contribution in [0, 0.1) is 0 Å². The van der Waals surface area contributed by atoms with E-state index in [-0.39, 0.29) is 0 Å². The fourth-order valence-corrected chi connectivity index (χ4v) is 0. The number of alkyl halides is 1. The first-order chi connectivity index (χ1) is 2.27. The van der Waals surface area contributed by atoms with Crippen molar-refractivity contribution in [2.75, 3.05) is 3.64 Å². The molecule has 0 aliphatic rings. The molecule has 0 spiro atoms. The van der Waals surface area contributed by atoms with Crippen molar-refractivity contribution >= 4 is 33.0 Å². The summed E-state index contributed by atoms with van der Waals surface area (Å²) in [6, 6.07) is 0. The van der Waals surface area contributed by atoms with Gasteiger partial charge >= 0.3 is 46.0 Å². The first-order valence-electron chi connectivity index (χ1n) is 1.83. The Kier molecular flexibility index (Phi) is 4.13. The molecule has 0 saturated heterocycles. The molecule has 0 radical (unpaired) electrons. The predicted molar refractivity (Wildman–Crippen MR) is 28.2 cm³/mol. The van der Waals surface area contributed by atoms with Gasteiger partial charge in [0.15, 0.2) is 0 Å². The number of rotatable bonds is 1. The molecule has 0 bridgehead atoms. The molecule has 2 heteroatoms. The maximum absolute atomic E-state index is 5.43. The Bertz CT molecular complexity index is 20.9. The minimum atomic E-state index is -0.914. The van der Waals surface area contributed by atoms with Gasteiger partial charge in [-0.2, -0.15) is 0 Å². The average Bonchev–Trinajstić information content (AvgIpc) is 1.38. The van der Waals surface area contributed by atoms with Crippen LogP contribution in [-0.4, -0.2) is 25.1 Å². The summed E-state index contributed by atoms with van der Waals surface area (Å²) in [6.45, 7) is 0. The summed E-state index contributed by atoms with van der Waals surface area (Å²) in [5.74, 6) is 0. The second-order valence-corrected chi connectivity index (χ2v) is 12.5. The molecule has 0 aliphatic heterocycles. The molecule has 0 aromatic rings. The summed E-state index contributed by atoms with van der Waals surface area (Å²) in [5.41, 5.74) is 0. The molecule has 0 aromatic carbocycles. The molecular formula is C3H8ClIn. The first-order valence-corrected chi connectivity index (χ1v) is 11.3. The van der Waals surface area contributed by atoms with Gasteiger partial charge in [0.1, 0.15) is 0 Å². The quantitative estimate of drug-likeness (QED) is 0.555. The van der Waals surface area contributed by atoms with E-state index in [1.807, 2.05) is 0 Å². The van der Waals surface area contributed by atoms with Gasteiger partial charge in [-0.15, -0.1) is 0 Å². The monoisotopic (exact) mass is 194 g/mol. The van der Waals surface area contributed by atoms with E-state index in [9.17, 15) is 0 Å². The van der Waals surface area contributed by atoms with E-state index in [0.29, 0.717) is 0 Å². The van der Waals surface area contributed by atoms with E-state index in [4.69, 9.17) is 11.6 Å². The Morgan fingerprint density at radius 1 is 1.60 bits per heavy atom. The summed E-state index contributed by atoms with van der Waals surface area (Å²) >= 11 is 4.52. The molecule has 0 amide bonds. The molecule has 0 rings (SSSR count). The van der Waals surface area contributed by atoms with Gasteiger partial charge < -0.3 is 0 Å². The number of hydrogen-bond acceptors (Lipinski definition) is 0. The van der Waals surface area contributed by atoms with E-state index >= 15 is 0 Å². The second kappa shape index (κ2) is 3.35. The van der Waals surface area contributed by atoms with Gasteiger partial charge in [0.05, 0.1) is 0 Å². The Balaban J connectivity index is 2.54. The van der Waals surface area contributed by atoms with Crippen LogP contribution in [-0.2, 0) is 0 Å². The molecule has 0 heterocycles. The molecule has 0 N–H and O–H groups in total. The zero-order chi connectivity index (χ0) is 4.28. The third-order valence-corrected chi connectivity index (χ3v) is 6.21. The van der Waals surface area contributed by atoms with Gasteiger partial charge in [-0.05, 0) is 0 Å². The normalized spacial score (nSPS) is 7.80. The van der Waals surface area contributed by atoms with Gasteiger partial charge in [0.2, 0.25) is 0 Å². The van der Waals surface area contributed by atoms with Gasteiger partial charge in [0, 0.05) is 0 Å². The molecule has 5 heavy (non-hydrogen) atoms. The van der Waals surface area contributed by atoms with Gasteiger partial charge in [0.25, 0.3) is 0 Å². The van der Waals surface area contributed by atoms with E-state index < -0.39 is 21.4 Å². The van der Waals surface area contributed by atoms with Crippen LogP contribution in [0.15, 0.2) is 0 Å². The summed E-state index contributed by atoms with van der Waals surface area (Å²) in [7, 11) is 0. The third-order valence-electron chi connectivity index (χ3n) is 0.309. The zero-order valence-corrected chi connectivity index (χ0v) is 7.71. The van der Waals surface area contributed by atoms with Crippen LogP contribution >= 0.6 is 11.6 Å². The molecule has 0 fully saturated rings. The van der Waals surface area contributed by atoms with Crippen molar-refractivity contribution in [1.29, 1.82) is 0 Å². The van der Waals surface area contributed by atoms with E-state index in [0.717, 1.165) is 3.64 Å². The predicted octanol–water partition coefficient (Wildman–Crippen LogP) is 1.52. The van der Waals surface area contributed by atoms with E-state index in [1.165, 1.54) is 0 Å². The van der Waals surface area contributed by atoms with Crippen LogP contribution in [0.2, 0.25) is 9.36 Å². The van der Waals surface area contributed by atoms with Crippen molar-refractivity contribution in [3.05, 3.63) is 0 Å². The molecule has 0 unspecified atom stereocenters. The van der Waals surface area contributed by atoms with Crippen molar-refractivity contribution in [2.24, 2.45) is 0 Å². The SMILES string of the molecule is [CH3][In]([CH3])[CH2]Cl. The van der Waals surface area contributed by atoms with Crippen molar-refractivity contribution < 1.29 is 0 Å². The number of halogens is 1. The van der Waals surface area contributed by atoms with E-state index in [1.54, 1.807) is 0 Å². The fourth-order valence-electron chi connectivity index (χ4n) is 0. The van der Waals surface area contributed by atoms with Gasteiger partial charge in [-0.25, -0.2) is 0 Å². The minimum absolute atomic E-state index is 0.914. The Morgan fingerprint density at radius 2 is 1.80 bits per heavy atom. The van der Waals surface area contributed by atoms with Crippen LogP contribution in [0.5, 0.6) is 0 Å². The molecule has 0 aromatic heterocycles. The molecule has 0 aliphatic carbocycles. The molecule has 30 valence electrons. The average molecular weight is 194 g/mol. The summed E-state index contributed by atoms with van der Waals surface area (Å²) < 4.78 is 5.59. The van der Waals surface area contributed by atoms with Crippen LogP contribution in [0.25, 0.3) is 0 Å². The first kappa shape index (κ1) is 6.16. The van der Waals surface area contributed by atoms with Crippen molar-refractivity contribution in [3.8, 4) is 0 Å². The summed E-state index contributed by atoms with van der Waals surface area (Å²) in [4.78, 5) is 0. The second-order valence-electron chi connectivity index (χ2n) is 1.55. The molecular weight excluding hydrogens is 186 g/mol. The van der Waals surface area contributed by atoms with E-state index in [2.05, 4.69) is 9.36 Å². The Morgan fingerprint density at radius 3 is 1.80 bits per heavy atom. The molecule has 0 atom stereocenters.